The van der Waals surface area contributed by atoms with Crippen molar-refractivity contribution in [2.45, 2.75) is 13.5 Å². The molecule has 0 bridgehead atoms. The summed E-state index contributed by atoms with van der Waals surface area (Å²) >= 11 is 0. The Hall–Kier alpha value is -3.87. The fourth-order valence-electron chi connectivity index (χ4n) is 2.60. The molecule has 0 aromatic heterocycles. The Kier molecular flexibility index (Phi) is 7.00. The van der Waals surface area contributed by atoms with Crippen molar-refractivity contribution < 1.29 is 23.5 Å². The van der Waals surface area contributed by atoms with Gasteiger partial charge in [0.1, 0.15) is 23.9 Å². The number of nitrogens with one attached hydrogen (secondary N) is 2. The molecule has 0 spiro atoms. The lowest BCUT2D eigenvalue weighted by Crippen LogP contribution is -2.41. The number of hydrazine groups is 1. The Balaban J connectivity index is 1.54. The molecular formula is C23H21FN2O4. The molecule has 0 aliphatic heterocycles. The van der Waals surface area contributed by atoms with E-state index in [-0.39, 0.29) is 12.4 Å². The standard InChI is InChI=1S/C23H21FN2O4/c1-2-29-20-12-8-17(9-13-20)22(27)25-26-23(28)18-4-3-5-21(14-18)30-15-16-6-10-19(24)11-7-16/h3-14H,2,15H2,1H3,(H,25,27)(H,26,28). The van der Waals surface area contributed by atoms with Crippen molar-refractivity contribution in [3.63, 3.8) is 0 Å². The molecule has 7 heteroatoms. The van der Waals surface area contributed by atoms with Gasteiger partial charge >= 0.3 is 0 Å². The van der Waals surface area contributed by atoms with E-state index in [1.165, 1.54) is 12.1 Å². The monoisotopic (exact) mass is 408 g/mol. The quantitative estimate of drug-likeness (QED) is 0.582. The minimum atomic E-state index is -0.485. The molecule has 0 aliphatic rings. The maximum Gasteiger partial charge on any atom is 0.269 e. The van der Waals surface area contributed by atoms with Gasteiger partial charge in [-0.05, 0) is 67.1 Å². The van der Waals surface area contributed by atoms with Gasteiger partial charge in [0.25, 0.3) is 11.8 Å². The summed E-state index contributed by atoms with van der Waals surface area (Å²) in [5.41, 5.74) is 6.26. The van der Waals surface area contributed by atoms with E-state index in [9.17, 15) is 14.0 Å². The van der Waals surface area contributed by atoms with Crippen LogP contribution in [0.15, 0.2) is 72.8 Å². The maximum atomic E-state index is 13.0. The first-order valence-electron chi connectivity index (χ1n) is 9.36. The lowest BCUT2D eigenvalue weighted by molar-refractivity contribution is 0.0846. The molecule has 3 rings (SSSR count). The van der Waals surface area contributed by atoms with Crippen molar-refractivity contribution in [1.82, 2.24) is 10.9 Å². The molecule has 3 aromatic carbocycles. The molecule has 30 heavy (non-hydrogen) atoms. The van der Waals surface area contributed by atoms with Crippen molar-refractivity contribution >= 4 is 11.8 Å². The van der Waals surface area contributed by atoms with Crippen LogP contribution < -0.4 is 20.3 Å². The van der Waals surface area contributed by atoms with Crippen LogP contribution in [0.1, 0.15) is 33.2 Å². The average Bonchev–Trinajstić information content (AvgIpc) is 2.78. The number of rotatable bonds is 7. The second-order valence-corrected chi connectivity index (χ2v) is 6.31. The zero-order valence-electron chi connectivity index (χ0n) is 16.4. The van der Waals surface area contributed by atoms with Crippen LogP contribution in [-0.4, -0.2) is 18.4 Å². The van der Waals surface area contributed by atoms with Crippen LogP contribution in [0.25, 0.3) is 0 Å². The van der Waals surface area contributed by atoms with Crippen LogP contribution in [0.4, 0.5) is 4.39 Å². The lowest BCUT2D eigenvalue weighted by atomic mass is 10.2. The van der Waals surface area contributed by atoms with Crippen molar-refractivity contribution in [3.8, 4) is 11.5 Å². The van der Waals surface area contributed by atoms with Gasteiger partial charge in [-0.25, -0.2) is 4.39 Å². The van der Waals surface area contributed by atoms with E-state index >= 15 is 0 Å². The van der Waals surface area contributed by atoms with Crippen LogP contribution in [-0.2, 0) is 6.61 Å². The predicted molar refractivity (Wildman–Crippen MR) is 110 cm³/mol. The number of ether oxygens (including phenoxy) is 2. The first kappa shape index (κ1) is 20.9. The molecule has 2 amide bonds. The van der Waals surface area contributed by atoms with E-state index in [0.29, 0.717) is 29.2 Å². The number of amides is 2. The number of halogens is 1. The summed E-state index contributed by atoms with van der Waals surface area (Å²) < 4.78 is 23.9. The summed E-state index contributed by atoms with van der Waals surface area (Å²) in [4.78, 5) is 24.5. The Labute approximate surface area is 173 Å². The summed E-state index contributed by atoms with van der Waals surface area (Å²) in [6, 6.07) is 19.1. The zero-order chi connectivity index (χ0) is 21.3. The van der Waals surface area contributed by atoms with E-state index in [2.05, 4.69) is 10.9 Å². The van der Waals surface area contributed by atoms with Crippen LogP contribution in [0.2, 0.25) is 0 Å². The summed E-state index contributed by atoms with van der Waals surface area (Å²) in [6.45, 7) is 2.65. The van der Waals surface area contributed by atoms with Crippen LogP contribution in [0.5, 0.6) is 11.5 Å². The van der Waals surface area contributed by atoms with Crippen LogP contribution in [0, 0.1) is 5.82 Å². The van der Waals surface area contributed by atoms with E-state index < -0.39 is 11.8 Å². The Morgan fingerprint density at radius 1 is 0.800 bits per heavy atom. The fraction of sp³-hybridized carbons (Fsp3) is 0.130. The van der Waals surface area contributed by atoms with Crippen molar-refractivity contribution in [2.75, 3.05) is 6.61 Å². The van der Waals surface area contributed by atoms with E-state index in [4.69, 9.17) is 9.47 Å². The molecule has 0 saturated heterocycles. The van der Waals surface area contributed by atoms with E-state index in [1.807, 2.05) is 6.92 Å². The molecule has 154 valence electrons. The second-order valence-electron chi connectivity index (χ2n) is 6.31. The third-order valence-electron chi connectivity index (χ3n) is 4.13. The molecule has 0 unspecified atom stereocenters. The van der Waals surface area contributed by atoms with Gasteiger partial charge in [0.15, 0.2) is 0 Å². The number of hydrogen-bond donors (Lipinski definition) is 2. The summed E-state index contributed by atoms with van der Waals surface area (Å²) in [5.74, 6) is -0.110. The number of carbonyl (C=O) groups is 2. The van der Waals surface area contributed by atoms with Gasteiger partial charge in [-0.1, -0.05) is 18.2 Å². The van der Waals surface area contributed by atoms with Gasteiger partial charge < -0.3 is 9.47 Å². The van der Waals surface area contributed by atoms with Gasteiger partial charge in [0.05, 0.1) is 6.61 Å². The van der Waals surface area contributed by atoms with E-state index in [0.717, 1.165) is 5.56 Å². The predicted octanol–water partition coefficient (Wildman–Crippen LogP) is 3.88. The Morgan fingerprint density at radius 3 is 2.13 bits per heavy atom. The second kappa shape index (κ2) is 10.1. The zero-order valence-corrected chi connectivity index (χ0v) is 16.4. The highest BCUT2D eigenvalue weighted by Gasteiger charge is 2.10. The SMILES string of the molecule is CCOc1ccc(C(=O)NNC(=O)c2cccc(OCc3ccc(F)cc3)c2)cc1. The lowest BCUT2D eigenvalue weighted by Gasteiger charge is -2.10. The molecule has 3 aromatic rings. The highest BCUT2D eigenvalue weighted by atomic mass is 19.1. The molecule has 6 nitrogen and oxygen atoms in total. The van der Waals surface area contributed by atoms with Crippen molar-refractivity contribution in [2.24, 2.45) is 0 Å². The minimum Gasteiger partial charge on any atom is -0.494 e. The summed E-state index contributed by atoms with van der Waals surface area (Å²) in [7, 11) is 0. The molecule has 0 radical (unpaired) electrons. The largest absolute Gasteiger partial charge is 0.494 e. The third kappa shape index (κ3) is 5.81. The fourth-order valence-corrected chi connectivity index (χ4v) is 2.60. The van der Waals surface area contributed by atoms with Gasteiger partial charge in [0, 0.05) is 11.1 Å². The number of hydrogen-bond acceptors (Lipinski definition) is 4. The number of benzene rings is 3. The van der Waals surface area contributed by atoms with Crippen molar-refractivity contribution in [1.29, 1.82) is 0 Å². The van der Waals surface area contributed by atoms with Crippen LogP contribution >= 0.6 is 0 Å². The number of carbonyl (C=O) groups excluding carboxylic acids is 2. The highest BCUT2D eigenvalue weighted by molar-refractivity contribution is 5.99. The molecule has 0 heterocycles. The molecule has 0 saturated carbocycles. The highest BCUT2D eigenvalue weighted by Crippen LogP contribution is 2.16. The summed E-state index contributed by atoms with van der Waals surface area (Å²) in [6.07, 6.45) is 0. The van der Waals surface area contributed by atoms with Gasteiger partial charge in [-0.3, -0.25) is 20.4 Å². The molecular weight excluding hydrogens is 387 g/mol. The molecule has 0 aliphatic carbocycles. The molecule has 2 N–H and O–H groups in total. The molecule has 0 atom stereocenters. The smallest absolute Gasteiger partial charge is 0.269 e. The molecule has 0 fully saturated rings. The normalized spacial score (nSPS) is 10.2. The van der Waals surface area contributed by atoms with Crippen molar-refractivity contribution in [3.05, 3.63) is 95.3 Å². The third-order valence-corrected chi connectivity index (χ3v) is 4.13. The van der Waals surface area contributed by atoms with Crippen LogP contribution in [0.3, 0.4) is 0 Å². The topological polar surface area (TPSA) is 76.7 Å². The maximum absolute atomic E-state index is 13.0. The van der Waals surface area contributed by atoms with E-state index in [1.54, 1.807) is 60.7 Å². The Morgan fingerprint density at radius 2 is 1.47 bits per heavy atom. The first-order valence-corrected chi connectivity index (χ1v) is 9.36. The van der Waals surface area contributed by atoms with Gasteiger partial charge in [0.2, 0.25) is 0 Å². The Bertz CT molecular complexity index is 1000. The average molecular weight is 408 g/mol. The summed E-state index contributed by atoms with van der Waals surface area (Å²) in [5, 5.41) is 0. The first-order chi connectivity index (χ1) is 14.5. The van der Waals surface area contributed by atoms with Gasteiger partial charge in [-0.2, -0.15) is 0 Å². The van der Waals surface area contributed by atoms with Gasteiger partial charge in [-0.15, -0.1) is 0 Å². The minimum absolute atomic E-state index is 0.236.